The van der Waals surface area contributed by atoms with Crippen LogP contribution in [-0.4, -0.2) is 46.5 Å². The van der Waals surface area contributed by atoms with Crippen molar-refractivity contribution in [2.75, 3.05) is 19.6 Å². The lowest BCUT2D eigenvalue weighted by molar-refractivity contribution is -0.137. The molecule has 2 aromatic heterocycles. The molecule has 168 valence electrons. The van der Waals surface area contributed by atoms with E-state index >= 15 is 0 Å². The molecule has 3 heterocycles. The fourth-order valence-corrected chi connectivity index (χ4v) is 3.59. The van der Waals surface area contributed by atoms with Crippen molar-refractivity contribution < 1.29 is 22.7 Å². The molecule has 1 aliphatic heterocycles. The first-order valence-electron chi connectivity index (χ1n) is 10.4. The van der Waals surface area contributed by atoms with Crippen LogP contribution in [0.15, 0.2) is 48.7 Å². The lowest BCUT2D eigenvalue weighted by Gasteiger charge is -2.35. The molecule has 0 bridgehead atoms. The number of amides is 1. The summed E-state index contributed by atoms with van der Waals surface area (Å²) in [6.45, 7) is 6.28. The molecule has 1 aromatic carbocycles. The van der Waals surface area contributed by atoms with E-state index in [-0.39, 0.29) is 17.8 Å². The quantitative estimate of drug-likeness (QED) is 0.641. The fraction of sp³-hybridized carbons (Fsp3) is 0.348. The Morgan fingerprint density at radius 3 is 2.69 bits per heavy atom. The minimum Gasteiger partial charge on any atom is -0.439 e. The van der Waals surface area contributed by atoms with Crippen LogP contribution in [-0.2, 0) is 6.18 Å². The summed E-state index contributed by atoms with van der Waals surface area (Å²) in [5.74, 6) is 0.782. The summed E-state index contributed by atoms with van der Waals surface area (Å²) >= 11 is 0. The molecule has 1 saturated heterocycles. The van der Waals surface area contributed by atoms with Gasteiger partial charge in [0.1, 0.15) is 11.4 Å². The number of alkyl halides is 3. The molecular weight excluding hydrogens is 421 g/mol. The normalized spacial score (nSPS) is 17.1. The van der Waals surface area contributed by atoms with E-state index in [1.165, 1.54) is 6.07 Å². The molecule has 0 unspecified atom stereocenters. The maximum atomic E-state index is 12.9. The van der Waals surface area contributed by atoms with Gasteiger partial charge < -0.3 is 15.0 Å². The van der Waals surface area contributed by atoms with Crippen LogP contribution in [0.5, 0.6) is 11.6 Å². The minimum absolute atomic E-state index is 0.0514. The Balaban J connectivity index is 1.49. The van der Waals surface area contributed by atoms with Gasteiger partial charge in [-0.15, -0.1) is 0 Å². The monoisotopic (exact) mass is 444 g/mol. The van der Waals surface area contributed by atoms with Crippen molar-refractivity contribution >= 4 is 16.8 Å². The van der Waals surface area contributed by atoms with Gasteiger partial charge in [0.25, 0.3) is 5.91 Å². The number of nitrogens with one attached hydrogen (secondary N) is 1. The molecule has 32 heavy (non-hydrogen) atoms. The number of piperazine rings is 1. The van der Waals surface area contributed by atoms with E-state index in [2.05, 4.69) is 29.1 Å². The van der Waals surface area contributed by atoms with Gasteiger partial charge in [-0.3, -0.25) is 4.79 Å². The molecule has 1 atom stereocenters. The van der Waals surface area contributed by atoms with E-state index in [1.807, 2.05) is 4.90 Å². The SMILES string of the molecule is CC(C)[C@H]1CN(C(=O)c2ccc3cc(Oc4ccc(C(F)(F)F)cn4)ccc3n2)CCN1. The molecule has 9 heteroatoms. The number of fused-ring (bicyclic) bond motifs is 1. The minimum atomic E-state index is -4.45. The van der Waals surface area contributed by atoms with Crippen LogP contribution in [0, 0.1) is 5.92 Å². The van der Waals surface area contributed by atoms with Gasteiger partial charge in [0.15, 0.2) is 0 Å². The molecule has 0 saturated carbocycles. The Morgan fingerprint density at radius 2 is 2.00 bits per heavy atom. The van der Waals surface area contributed by atoms with Crippen LogP contribution in [0.3, 0.4) is 0 Å². The van der Waals surface area contributed by atoms with Crippen molar-refractivity contribution in [2.45, 2.75) is 26.1 Å². The average molecular weight is 444 g/mol. The lowest BCUT2D eigenvalue weighted by atomic mass is 10.0. The van der Waals surface area contributed by atoms with Gasteiger partial charge in [-0.25, -0.2) is 9.97 Å². The zero-order valence-electron chi connectivity index (χ0n) is 17.7. The van der Waals surface area contributed by atoms with Crippen molar-refractivity contribution in [1.29, 1.82) is 0 Å². The van der Waals surface area contributed by atoms with Crippen molar-refractivity contribution in [3.05, 3.63) is 59.9 Å². The second-order valence-electron chi connectivity index (χ2n) is 8.09. The van der Waals surface area contributed by atoms with E-state index in [4.69, 9.17) is 4.74 Å². The third-order valence-electron chi connectivity index (χ3n) is 5.46. The Labute approximate surface area is 183 Å². The molecule has 0 aliphatic carbocycles. The fourth-order valence-electron chi connectivity index (χ4n) is 3.59. The number of ether oxygens (including phenoxy) is 1. The molecule has 6 nitrogen and oxygen atoms in total. The number of carbonyl (C=O) groups excluding carboxylic acids is 1. The van der Waals surface area contributed by atoms with Gasteiger partial charge in [-0.1, -0.05) is 19.9 Å². The summed E-state index contributed by atoms with van der Waals surface area (Å²) < 4.78 is 43.6. The van der Waals surface area contributed by atoms with Crippen molar-refractivity contribution in [1.82, 2.24) is 20.2 Å². The molecule has 4 rings (SSSR count). The summed E-state index contributed by atoms with van der Waals surface area (Å²) in [5, 5.41) is 4.17. The van der Waals surface area contributed by atoms with Gasteiger partial charge in [0.2, 0.25) is 5.88 Å². The van der Waals surface area contributed by atoms with Crippen molar-refractivity contribution in [2.24, 2.45) is 5.92 Å². The van der Waals surface area contributed by atoms with Gasteiger partial charge in [-0.05, 0) is 36.2 Å². The van der Waals surface area contributed by atoms with Gasteiger partial charge in [0.05, 0.1) is 11.1 Å². The number of nitrogens with zero attached hydrogens (tertiary/aromatic N) is 3. The van der Waals surface area contributed by atoms with E-state index in [1.54, 1.807) is 30.3 Å². The lowest BCUT2D eigenvalue weighted by Crippen LogP contribution is -2.54. The topological polar surface area (TPSA) is 67.4 Å². The number of halogens is 3. The van der Waals surface area contributed by atoms with Crippen LogP contribution in [0.1, 0.15) is 29.9 Å². The first-order chi connectivity index (χ1) is 15.2. The Hall–Kier alpha value is -3.20. The average Bonchev–Trinajstić information content (AvgIpc) is 2.78. The predicted octanol–water partition coefficient (Wildman–Crippen LogP) is 4.51. The standard InChI is InChI=1S/C23H23F3N4O2/c1-14(2)20-13-30(10-9-27-20)22(31)19-6-3-15-11-17(5-7-18(15)29-19)32-21-8-4-16(12-28-21)23(24,25)26/h3-8,11-12,14,20,27H,9-10,13H2,1-2H3/t20-/m1/s1. The Morgan fingerprint density at radius 1 is 1.19 bits per heavy atom. The van der Waals surface area contributed by atoms with Crippen LogP contribution in [0.4, 0.5) is 13.2 Å². The number of benzene rings is 1. The summed E-state index contributed by atoms with van der Waals surface area (Å²) in [6, 6.07) is 10.9. The summed E-state index contributed by atoms with van der Waals surface area (Å²) in [7, 11) is 0. The second-order valence-corrected chi connectivity index (χ2v) is 8.09. The molecule has 0 spiro atoms. The maximum Gasteiger partial charge on any atom is 0.417 e. The third-order valence-corrected chi connectivity index (χ3v) is 5.46. The molecule has 1 fully saturated rings. The molecular formula is C23H23F3N4O2. The first-order valence-corrected chi connectivity index (χ1v) is 10.4. The van der Waals surface area contributed by atoms with Gasteiger partial charge >= 0.3 is 6.18 Å². The molecule has 1 N–H and O–H groups in total. The smallest absolute Gasteiger partial charge is 0.417 e. The van der Waals surface area contributed by atoms with Crippen LogP contribution < -0.4 is 10.1 Å². The Kier molecular flexibility index (Phi) is 6.01. The Bertz CT molecular complexity index is 1120. The summed E-state index contributed by atoms with van der Waals surface area (Å²) in [6.07, 6.45) is -3.72. The molecule has 1 aliphatic rings. The highest BCUT2D eigenvalue weighted by Gasteiger charge is 2.31. The summed E-state index contributed by atoms with van der Waals surface area (Å²) in [5.41, 5.74) is 0.160. The number of pyridine rings is 2. The number of aromatic nitrogens is 2. The van der Waals surface area contributed by atoms with Crippen molar-refractivity contribution in [3.63, 3.8) is 0 Å². The highest BCUT2D eigenvalue weighted by atomic mass is 19.4. The van der Waals surface area contributed by atoms with Crippen LogP contribution >= 0.6 is 0 Å². The third kappa shape index (κ3) is 4.83. The summed E-state index contributed by atoms with van der Waals surface area (Å²) in [4.78, 5) is 23.0. The number of rotatable bonds is 4. The maximum absolute atomic E-state index is 12.9. The van der Waals surface area contributed by atoms with Crippen molar-refractivity contribution in [3.8, 4) is 11.6 Å². The molecule has 0 radical (unpaired) electrons. The zero-order valence-corrected chi connectivity index (χ0v) is 17.7. The van der Waals surface area contributed by atoms with E-state index < -0.39 is 11.7 Å². The highest BCUT2D eigenvalue weighted by molar-refractivity contribution is 5.95. The largest absolute Gasteiger partial charge is 0.439 e. The van der Waals surface area contributed by atoms with Crippen LogP contribution in [0.25, 0.3) is 10.9 Å². The molecule has 1 amide bonds. The second kappa shape index (κ2) is 8.74. The van der Waals surface area contributed by atoms with Crippen LogP contribution in [0.2, 0.25) is 0 Å². The zero-order chi connectivity index (χ0) is 22.9. The number of hydrogen-bond acceptors (Lipinski definition) is 5. The van der Waals surface area contributed by atoms with E-state index in [0.29, 0.717) is 36.0 Å². The number of carbonyl (C=O) groups is 1. The molecule has 3 aromatic rings. The predicted molar refractivity (Wildman–Crippen MR) is 114 cm³/mol. The van der Waals surface area contributed by atoms with Gasteiger partial charge in [0, 0.05) is 43.3 Å². The number of hydrogen-bond donors (Lipinski definition) is 1. The first kappa shape index (κ1) is 22.0. The highest BCUT2D eigenvalue weighted by Crippen LogP contribution is 2.30. The van der Waals surface area contributed by atoms with Gasteiger partial charge in [-0.2, -0.15) is 13.2 Å². The van der Waals surface area contributed by atoms with E-state index in [0.717, 1.165) is 24.2 Å². The van der Waals surface area contributed by atoms with E-state index in [9.17, 15) is 18.0 Å².